The van der Waals surface area contributed by atoms with Crippen LogP contribution in [0.4, 0.5) is 5.69 Å². The maximum Gasteiger partial charge on any atom is 0.257 e. The molecule has 1 heterocycles. The van der Waals surface area contributed by atoms with Crippen molar-refractivity contribution in [1.82, 2.24) is 10.2 Å². The molecule has 0 spiro atoms. The second-order valence-electron chi connectivity index (χ2n) is 3.19. The Morgan fingerprint density at radius 2 is 1.94 bits per heavy atom. The Hall–Kier alpha value is -1.62. The quantitative estimate of drug-likeness (QED) is 0.918. The first-order valence-corrected chi connectivity index (χ1v) is 5.42. The third kappa shape index (κ3) is 1.99. The van der Waals surface area contributed by atoms with Crippen molar-refractivity contribution in [2.75, 3.05) is 12.8 Å². The third-order valence-corrected chi connectivity index (χ3v) is 2.73. The molecule has 0 saturated carbocycles. The number of hydrogen-bond donors (Lipinski definition) is 1. The fourth-order valence-corrected chi connectivity index (χ4v) is 1.65. The van der Waals surface area contributed by atoms with Gasteiger partial charge >= 0.3 is 0 Å². The molecule has 0 radical (unpaired) electrons. The van der Waals surface area contributed by atoms with Gasteiger partial charge in [-0.3, -0.25) is 0 Å². The Morgan fingerprint density at radius 3 is 2.56 bits per heavy atom. The van der Waals surface area contributed by atoms with Crippen molar-refractivity contribution in [3.8, 4) is 17.0 Å². The summed E-state index contributed by atoms with van der Waals surface area (Å²) in [4.78, 5) is 0. The van der Waals surface area contributed by atoms with Gasteiger partial charge in [-0.15, -0.1) is 5.10 Å². The van der Waals surface area contributed by atoms with E-state index in [1.165, 1.54) is 7.11 Å². The molecule has 16 heavy (non-hydrogen) atoms. The molecule has 0 amide bonds. The number of benzene rings is 1. The van der Waals surface area contributed by atoms with Gasteiger partial charge in [0.05, 0.1) is 13.3 Å². The number of nitrogens with zero attached hydrogens (tertiary/aromatic N) is 2. The summed E-state index contributed by atoms with van der Waals surface area (Å²) in [6.07, 6.45) is 1.63. The average molecular weight is 280 g/mol. The molecule has 0 saturated heterocycles. The lowest BCUT2D eigenvalue weighted by atomic mass is 10.1. The first kappa shape index (κ1) is 10.9. The normalized spacial score (nSPS) is 10.1. The fourth-order valence-electron chi connectivity index (χ4n) is 1.39. The van der Waals surface area contributed by atoms with Crippen LogP contribution in [0.15, 0.2) is 34.9 Å². The van der Waals surface area contributed by atoms with Gasteiger partial charge < -0.3 is 10.5 Å². The first-order valence-electron chi connectivity index (χ1n) is 4.63. The molecule has 2 rings (SSSR count). The van der Waals surface area contributed by atoms with E-state index in [2.05, 4.69) is 26.1 Å². The van der Waals surface area contributed by atoms with Crippen LogP contribution in [0.1, 0.15) is 0 Å². The molecule has 1 aromatic carbocycles. The summed E-state index contributed by atoms with van der Waals surface area (Å²) in [5, 5.41) is 7.64. The van der Waals surface area contributed by atoms with Crippen LogP contribution in [0.5, 0.6) is 5.88 Å². The molecule has 0 bridgehead atoms. The lowest BCUT2D eigenvalue weighted by Gasteiger charge is -2.07. The van der Waals surface area contributed by atoms with Crippen molar-refractivity contribution in [3.63, 3.8) is 0 Å². The van der Waals surface area contributed by atoms with Crippen LogP contribution < -0.4 is 10.5 Å². The van der Waals surface area contributed by atoms with Crippen LogP contribution in [0, 0.1) is 0 Å². The van der Waals surface area contributed by atoms with Gasteiger partial charge in [-0.2, -0.15) is 5.10 Å². The molecule has 0 unspecified atom stereocenters. The Labute approximate surface area is 102 Å². The number of ether oxygens (including phenoxy) is 1. The minimum Gasteiger partial charge on any atom is -0.478 e. The van der Waals surface area contributed by atoms with Crippen LogP contribution in [-0.2, 0) is 0 Å². The van der Waals surface area contributed by atoms with Gasteiger partial charge in [-0.1, -0.05) is 28.1 Å². The van der Waals surface area contributed by atoms with Crippen molar-refractivity contribution in [3.05, 3.63) is 34.9 Å². The lowest BCUT2D eigenvalue weighted by molar-refractivity contribution is 0.394. The number of rotatable bonds is 2. The molecule has 82 valence electrons. The van der Waals surface area contributed by atoms with Gasteiger partial charge in [0.15, 0.2) is 0 Å². The molecular weight excluding hydrogens is 270 g/mol. The summed E-state index contributed by atoms with van der Waals surface area (Å²) in [5.74, 6) is 0.348. The molecule has 0 atom stereocenters. The second-order valence-corrected chi connectivity index (χ2v) is 4.10. The number of hydrogen-bond acceptors (Lipinski definition) is 4. The predicted molar refractivity (Wildman–Crippen MR) is 66.1 cm³/mol. The topological polar surface area (TPSA) is 61.0 Å². The van der Waals surface area contributed by atoms with Crippen LogP contribution in [0.3, 0.4) is 0 Å². The van der Waals surface area contributed by atoms with Crippen molar-refractivity contribution in [2.45, 2.75) is 0 Å². The minimum absolute atomic E-state index is 0.348. The first-order chi connectivity index (χ1) is 7.72. The highest BCUT2D eigenvalue weighted by Crippen LogP contribution is 2.30. The van der Waals surface area contributed by atoms with Crippen LogP contribution >= 0.6 is 15.9 Å². The molecular formula is C11H10BrN3O. The average Bonchev–Trinajstić information content (AvgIpc) is 2.31. The van der Waals surface area contributed by atoms with E-state index in [4.69, 9.17) is 10.5 Å². The number of nitrogen functional groups attached to an aromatic ring is 1. The van der Waals surface area contributed by atoms with E-state index in [1.807, 2.05) is 24.3 Å². The van der Waals surface area contributed by atoms with Crippen LogP contribution in [0.2, 0.25) is 0 Å². The number of aromatic nitrogens is 2. The van der Waals surface area contributed by atoms with E-state index in [1.54, 1.807) is 6.20 Å². The van der Waals surface area contributed by atoms with Crippen LogP contribution in [0.25, 0.3) is 11.1 Å². The highest BCUT2D eigenvalue weighted by atomic mass is 79.9. The highest BCUT2D eigenvalue weighted by molar-refractivity contribution is 9.10. The third-order valence-electron chi connectivity index (χ3n) is 2.20. The molecule has 4 nitrogen and oxygen atoms in total. The SMILES string of the molecule is COc1nncc(-c2ccc(Br)cc2)c1N. The molecule has 1 aromatic heterocycles. The zero-order valence-corrected chi connectivity index (χ0v) is 10.2. The van der Waals surface area contributed by atoms with E-state index >= 15 is 0 Å². The van der Waals surface area contributed by atoms with E-state index < -0.39 is 0 Å². The molecule has 0 aliphatic heterocycles. The zero-order chi connectivity index (χ0) is 11.5. The van der Waals surface area contributed by atoms with Gasteiger partial charge in [0.25, 0.3) is 5.88 Å². The minimum atomic E-state index is 0.348. The number of anilines is 1. The standard InChI is InChI=1S/C11H10BrN3O/c1-16-11-10(13)9(6-14-15-11)7-2-4-8(12)5-3-7/h2-6H,1H3,(H2,13,14). The molecule has 2 aromatic rings. The number of nitrogens with two attached hydrogens (primary N) is 1. The van der Waals surface area contributed by atoms with Crippen LogP contribution in [-0.4, -0.2) is 17.3 Å². The van der Waals surface area contributed by atoms with E-state index in [0.717, 1.165) is 15.6 Å². The summed E-state index contributed by atoms with van der Waals surface area (Å²) < 4.78 is 6.04. The molecule has 0 aliphatic carbocycles. The maximum absolute atomic E-state index is 5.92. The van der Waals surface area contributed by atoms with Crippen molar-refractivity contribution in [1.29, 1.82) is 0 Å². The van der Waals surface area contributed by atoms with Gasteiger partial charge in [0.2, 0.25) is 0 Å². The van der Waals surface area contributed by atoms with Gasteiger partial charge in [-0.25, -0.2) is 0 Å². The Morgan fingerprint density at radius 1 is 1.25 bits per heavy atom. The van der Waals surface area contributed by atoms with Gasteiger partial charge in [0, 0.05) is 10.0 Å². The fraction of sp³-hybridized carbons (Fsp3) is 0.0909. The summed E-state index contributed by atoms with van der Waals surface area (Å²) in [6.45, 7) is 0. The van der Waals surface area contributed by atoms with E-state index in [-0.39, 0.29) is 0 Å². The van der Waals surface area contributed by atoms with Gasteiger partial charge in [0.1, 0.15) is 5.69 Å². The smallest absolute Gasteiger partial charge is 0.257 e. The van der Waals surface area contributed by atoms with Crippen molar-refractivity contribution in [2.24, 2.45) is 0 Å². The lowest BCUT2D eigenvalue weighted by Crippen LogP contribution is -1.99. The summed E-state index contributed by atoms with van der Waals surface area (Å²) in [5.41, 5.74) is 8.22. The number of halogens is 1. The highest BCUT2D eigenvalue weighted by Gasteiger charge is 2.09. The van der Waals surface area contributed by atoms with Crippen molar-refractivity contribution < 1.29 is 4.74 Å². The molecule has 2 N–H and O–H groups in total. The summed E-state index contributed by atoms with van der Waals surface area (Å²) in [7, 11) is 1.52. The summed E-state index contributed by atoms with van der Waals surface area (Å²) >= 11 is 3.38. The zero-order valence-electron chi connectivity index (χ0n) is 8.64. The Bertz CT molecular complexity index is 499. The summed E-state index contributed by atoms with van der Waals surface area (Å²) in [6, 6.07) is 7.80. The molecule has 0 aliphatic rings. The van der Waals surface area contributed by atoms with Gasteiger partial charge in [-0.05, 0) is 17.7 Å². The largest absolute Gasteiger partial charge is 0.478 e. The van der Waals surface area contributed by atoms with Crippen molar-refractivity contribution >= 4 is 21.6 Å². The molecule has 0 fully saturated rings. The number of methoxy groups -OCH3 is 1. The van der Waals surface area contributed by atoms with E-state index in [0.29, 0.717) is 11.6 Å². The Kier molecular flexibility index (Phi) is 3.05. The maximum atomic E-state index is 5.92. The monoisotopic (exact) mass is 279 g/mol. The second kappa shape index (κ2) is 4.49. The van der Waals surface area contributed by atoms with E-state index in [9.17, 15) is 0 Å². The predicted octanol–water partition coefficient (Wildman–Crippen LogP) is 2.50. The Balaban J connectivity index is 2.51. The molecule has 5 heteroatoms.